The van der Waals surface area contributed by atoms with Crippen molar-refractivity contribution in [1.29, 1.82) is 0 Å². The normalized spacial score (nSPS) is 20.9. The summed E-state index contributed by atoms with van der Waals surface area (Å²) in [5, 5.41) is 10.6. The van der Waals surface area contributed by atoms with Crippen LogP contribution in [0.1, 0.15) is 37.3 Å². The second-order valence-electron chi connectivity index (χ2n) is 6.74. The first kappa shape index (κ1) is 17.0. The lowest BCUT2D eigenvalue weighted by Gasteiger charge is -2.25. The molecule has 0 atom stereocenters. The van der Waals surface area contributed by atoms with Gasteiger partial charge in [0.15, 0.2) is 0 Å². The van der Waals surface area contributed by atoms with E-state index in [0.29, 0.717) is 5.92 Å². The molecular formula is C20H21ClN2OS. The molecule has 1 fully saturated rings. The van der Waals surface area contributed by atoms with Gasteiger partial charge in [-0.2, -0.15) is 0 Å². The van der Waals surface area contributed by atoms with Crippen molar-refractivity contribution in [1.82, 2.24) is 9.55 Å². The lowest BCUT2D eigenvalue weighted by molar-refractivity contribution is 0.121. The van der Waals surface area contributed by atoms with Gasteiger partial charge in [-0.15, -0.1) is 0 Å². The predicted octanol–water partition coefficient (Wildman–Crippen LogP) is 5.35. The molecule has 2 heterocycles. The number of pyridine rings is 1. The molecule has 0 unspecified atom stereocenters. The molecule has 0 bridgehead atoms. The fourth-order valence-corrected chi connectivity index (χ4v) is 4.80. The largest absolute Gasteiger partial charge is 0.393 e. The summed E-state index contributed by atoms with van der Waals surface area (Å²) >= 11 is 7.79. The van der Waals surface area contributed by atoms with E-state index >= 15 is 0 Å². The van der Waals surface area contributed by atoms with Crippen LogP contribution in [0.4, 0.5) is 0 Å². The van der Waals surface area contributed by atoms with E-state index < -0.39 is 0 Å². The van der Waals surface area contributed by atoms with Gasteiger partial charge >= 0.3 is 0 Å². The van der Waals surface area contributed by atoms with E-state index in [2.05, 4.69) is 28.8 Å². The van der Waals surface area contributed by atoms with E-state index in [1.165, 1.54) is 21.0 Å². The van der Waals surface area contributed by atoms with Crippen LogP contribution in [-0.2, 0) is 7.05 Å². The molecule has 3 aliphatic rings. The molecule has 1 aliphatic carbocycles. The second kappa shape index (κ2) is 7.02. The molecule has 2 aliphatic heterocycles. The van der Waals surface area contributed by atoms with Crippen molar-refractivity contribution in [3.8, 4) is 11.4 Å². The monoisotopic (exact) mass is 372 g/mol. The molecule has 0 amide bonds. The Morgan fingerprint density at radius 3 is 2.56 bits per heavy atom. The van der Waals surface area contributed by atoms with Gasteiger partial charge in [0.05, 0.1) is 11.8 Å². The van der Waals surface area contributed by atoms with E-state index in [4.69, 9.17) is 16.6 Å². The Bertz CT molecular complexity index is 838. The van der Waals surface area contributed by atoms with Crippen LogP contribution in [0.15, 0.2) is 52.4 Å². The Balaban J connectivity index is 1.76. The molecule has 130 valence electrons. The summed E-state index contributed by atoms with van der Waals surface area (Å²) in [4.78, 5) is 7.42. The van der Waals surface area contributed by atoms with Crippen LogP contribution in [0.25, 0.3) is 11.4 Å². The first-order valence-corrected chi connectivity index (χ1v) is 9.87. The number of aryl methyl sites for hydroxylation is 1. The van der Waals surface area contributed by atoms with Gasteiger partial charge in [-0.3, -0.25) is 0 Å². The van der Waals surface area contributed by atoms with Crippen molar-refractivity contribution >= 4 is 23.4 Å². The van der Waals surface area contributed by atoms with E-state index in [9.17, 15) is 5.11 Å². The zero-order valence-corrected chi connectivity index (χ0v) is 15.7. The Morgan fingerprint density at radius 1 is 1.12 bits per heavy atom. The predicted molar refractivity (Wildman–Crippen MR) is 103 cm³/mol. The number of rotatable bonds is 3. The second-order valence-corrected chi connectivity index (χ2v) is 8.26. The number of aliphatic hydroxyl groups is 1. The lowest BCUT2D eigenvalue weighted by atomic mass is 9.85. The highest BCUT2D eigenvalue weighted by Gasteiger charge is 2.29. The number of aromatic nitrogens is 2. The maximum absolute atomic E-state index is 9.85. The Labute approximate surface area is 157 Å². The van der Waals surface area contributed by atoms with Gasteiger partial charge < -0.3 is 9.67 Å². The average molecular weight is 373 g/mol. The highest BCUT2D eigenvalue weighted by Crippen LogP contribution is 2.45. The van der Waals surface area contributed by atoms with Gasteiger partial charge in [-0.1, -0.05) is 23.4 Å². The van der Waals surface area contributed by atoms with Gasteiger partial charge in [0.25, 0.3) is 0 Å². The molecule has 5 heteroatoms. The lowest BCUT2D eigenvalue weighted by Crippen LogP contribution is -2.17. The zero-order valence-electron chi connectivity index (χ0n) is 14.2. The molecule has 0 saturated heterocycles. The van der Waals surface area contributed by atoms with Gasteiger partial charge in [0.2, 0.25) is 0 Å². The molecule has 1 aromatic rings. The van der Waals surface area contributed by atoms with Gasteiger partial charge in [-0.05, 0) is 62.1 Å². The third-order valence-corrected chi connectivity index (χ3v) is 6.36. The highest BCUT2D eigenvalue weighted by molar-refractivity contribution is 7.99. The first-order chi connectivity index (χ1) is 12.1. The molecule has 3 nitrogen and oxygen atoms in total. The van der Waals surface area contributed by atoms with Gasteiger partial charge in [0.1, 0.15) is 5.82 Å². The number of fused-ring (bicyclic) bond motifs is 1. The van der Waals surface area contributed by atoms with E-state index in [0.717, 1.165) is 36.5 Å². The fourth-order valence-electron chi connectivity index (χ4n) is 3.58. The van der Waals surface area contributed by atoms with Crippen LogP contribution in [0.5, 0.6) is 0 Å². The molecular weight excluding hydrogens is 352 g/mol. The summed E-state index contributed by atoms with van der Waals surface area (Å²) in [6.07, 6.45) is 5.63. The van der Waals surface area contributed by atoms with Crippen molar-refractivity contribution in [3.63, 3.8) is 0 Å². The molecule has 1 saturated carbocycles. The number of benzene rings is 1. The Kier molecular flexibility index (Phi) is 4.76. The molecule has 0 radical (unpaired) electrons. The van der Waals surface area contributed by atoms with Crippen LogP contribution in [-0.4, -0.2) is 20.8 Å². The van der Waals surface area contributed by atoms with Crippen molar-refractivity contribution in [3.05, 3.63) is 53.3 Å². The minimum atomic E-state index is -0.149. The summed E-state index contributed by atoms with van der Waals surface area (Å²) in [7, 11) is 2.04. The quantitative estimate of drug-likeness (QED) is 0.673. The number of halogens is 1. The third-order valence-electron chi connectivity index (χ3n) is 4.97. The van der Waals surface area contributed by atoms with E-state index in [1.54, 1.807) is 11.8 Å². The number of aliphatic hydroxyl groups excluding tert-OH is 1. The topological polar surface area (TPSA) is 38.0 Å². The minimum absolute atomic E-state index is 0.149. The van der Waals surface area contributed by atoms with Crippen molar-refractivity contribution in [2.75, 3.05) is 0 Å². The summed E-state index contributed by atoms with van der Waals surface area (Å²) in [5.41, 5.74) is 2.38. The standard InChI is InChI=1S/C20H21ClN2OS/c1-23-12-2-3-17-19(25-16-10-6-14(21)7-11-16)18(22-20(17)23)13-4-8-15(24)9-5-13/h2-3,6-7,10-13,15,24H,4-5,8-9H2,1H3. The zero-order chi connectivity index (χ0) is 17.4. The first-order valence-electron chi connectivity index (χ1n) is 8.68. The smallest absolute Gasteiger partial charge is 0.141 e. The summed E-state index contributed by atoms with van der Waals surface area (Å²) in [6.45, 7) is 0. The minimum Gasteiger partial charge on any atom is -0.393 e. The SMILES string of the molecule is Cn1cccc2c(Sc3ccc(Cl)cc3)c(C3CCC(O)CC3)nc1-2. The summed E-state index contributed by atoms with van der Waals surface area (Å²) in [5.74, 6) is 1.45. The summed E-state index contributed by atoms with van der Waals surface area (Å²) in [6, 6.07) is 12.2. The Hall–Kier alpha value is -1.49. The molecule has 25 heavy (non-hydrogen) atoms. The molecule has 4 rings (SSSR count). The van der Waals surface area contributed by atoms with Gasteiger partial charge in [-0.25, -0.2) is 4.98 Å². The molecule has 1 aromatic carbocycles. The maximum Gasteiger partial charge on any atom is 0.141 e. The summed E-state index contributed by atoms with van der Waals surface area (Å²) < 4.78 is 2.09. The maximum atomic E-state index is 9.85. The van der Waals surface area contributed by atoms with Crippen molar-refractivity contribution in [2.24, 2.45) is 7.05 Å². The van der Waals surface area contributed by atoms with Gasteiger partial charge in [0, 0.05) is 39.5 Å². The highest BCUT2D eigenvalue weighted by atomic mass is 35.5. The van der Waals surface area contributed by atoms with Crippen LogP contribution >= 0.6 is 23.4 Å². The van der Waals surface area contributed by atoms with Crippen molar-refractivity contribution in [2.45, 2.75) is 47.5 Å². The molecule has 0 spiro atoms. The number of nitrogens with zero attached hydrogens (tertiary/aromatic N) is 2. The van der Waals surface area contributed by atoms with Crippen LogP contribution < -0.4 is 0 Å². The van der Waals surface area contributed by atoms with Crippen LogP contribution in [0.2, 0.25) is 5.02 Å². The number of hydrogen-bond donors (Lipinski definition) is 1. The third kappa shape index (κ3) is 3.43. The van der Waals surface area contributed by atoms with E-state index in [1.807, 2.05) is 25.4 Å². The fraction of sp³-hybridized carbons (Fsp3) is 0.350. The number of hydrogen-bond acceptors (Lipinski definition) is 3. The molecule has 0 aromatic heterocycles. The van der Waals surface area contributed by atoms with Crippen LogP contribution in [0, 0.1) is 0 Å². The molecule has 1 N–H and O–H groups in total. The van der Waals surface area contributed by atoms with Crippen molar-refractivity contribution < 1.29 is 5.11 Å². The Morgan fingerprint density at radius 2 is 1.84 bits per heavy atom. The van der Waals surface area contributed by atoms with Crippen LogP contribution in [0.3, 0.4) is 0 Å². The average Bonchev–Trinajstić information content (AvgIpc) is 2.98. The van der Waals surface area contributed by atoms with E-state index in [-0.39, 0.29) is 6.10 Å².